The first-order valence-corrected chi connectivity index (χ1v) is 19.4. The highest BCUT2D eigenvalue weighted by molar-refractivity contribution is 7.92. The Morgan fingerprint density at radius 2 is 1.78 bits per heavy atom. The first kappa shape index (κ1) is 31.9. The summed E-state index contributed by atoms with van der Waals surface area (Å²) in [5.74, 6) is 0.981. The minimum atomic E-state index is -3.64. The number of thiazole rings is 1. The number of hydrogen-bond acceptors (Lipinski definition) is 11. The molecule has 49 heavy (non-hydrogen) atoms. The second kappa shape index (κ2) is 13.2. The molecule has 0 spiro atoms. The second-order valence-electron chi connectivity index (χ2n) is 13.2. The van der Waals surface area contributed by atoms with Crippen molar-refractivity contribution in [2.24, 2.45) is 0 Å². The van der Waals surface area contributed by atoms with E-state index in [2.05, 4.69) is 37.2 Å². The molecule has 0 amide bonds. The van der Waals surface area contributed by atoms with Crippen LogP contribution in [-0.2, 0) is 16.4 Å². The maximum atomic E-state index is 14.2. The number of ether oxygens (including phenoxy) is 1. The molecule has 1 unspecified atom stereocenters. The summed E-state index contributed by atoms with van der Waals surface area (Å²) >= 11 is 1.23. The second-order valence-corrected chi connectivity index (χ2v) is 16.3. The molecule has 2 aromatic carbocycles. The number of pyridine rings is 1. The number of rotatable bonds is 9. The predicted molar refractivity (Wildman–Crippen MR) is 192 cm³/mol. The summed E-state index contributed by atoms with van der Waals surface area (Å²) in [5.41, 5.74) is 4.37. The van der Waals surface area contributed by atoms with Crippen LogP contribution in [0.3, 0.4) is 0 Å². The summed E-state index contributed by atoms with van der Waals surface area (Å²) in [6.07, 6.45) is 7.24. The molecule has 2 saturated heterocycles. The maximum absolute atomic E-state index is 14.2. The standard InChI is InChI=1S/C36H39N7O4S2/c1-24-7-2-5-11-30(24)47-31-19-25-20-37-36(39-26-12-14-27(15-13-26)42-18-17-41-16-6-8-28(41)21-42)40-33(25)43(35(31)44)22-32-34(38-23-48-32)49(45,46)29-9-3-4-10-29/h2,5,7,11-15,19-20,23,28-29H,3-4,6,8-10,16-18,21-22H2,1H3,(H,37,39,40). The van der Waals surface area contributed by atoms with Crippen LogP contribution in [-0.4, -0.2) is 70.3 Å². The SMILES string of the molecule is Cc1ccccc1Oc1cc2cnc(Nc3ccc(N4CCN5CCCC5C4)cc3)nc2n(Cc2scnc2S(=O)(=O)C2CCCC2)c1=O. The Kier molecular flexibility index (Phi) is 8.58. The van der Waals surface area contributed by atoms with E-state index < -0.39 is 20.6 Å². The van der Waals surface area contributed by atoms with Crippen LogP contribution in [0.4, 0.5) is 17.3 Å². The van der Waals surface area contributed by atoms with Crippen molar-refractivity contribution >= 4 is 49.5 Å². The summed E-state index contributed by atoms with van der Waals surface area (Å²) in [6.45, 7) is 6.28. The van der Waals surface area contributed by atoms with E-state index in [1.807, 2.05) is 43.3 Å². The third-order valence-electron chi connectivity index (χ3n) is 10.1. The van der Waals surface area contributed by atoms with E-state index in [-0.39, 0.29) is 17.3 Å². The number of fused-ring (bicyclic) bond motifs is 2. The van der Waals surface area contributed by atoms with E-state index in [1.54, 1.807) is 12.3 Å². The average Bonchev–Trinajstić information content (AvgIpc) is 3.91. The molecule has 2 aliphatic heterocycles. The van der Waals surface area contributed by atoms with Gasteiger partial charge in [0.15, 0.2) is 20.6 Å². The molecule has 1 aliphatic carbocycles. The number of hydrogen-bond donors (Lipinski definition) is 1. The summed E-state index contributed by atoms with van der Waals surface area (Å²) in [6, 6.07) is 18.0. The Morgan fingerprint density at radius 3 is 2.59 bits per heavy atom. The summed E-state index contributed by atoms with van der Waals surface area (Å²) < 4.78 is 34.9. The van der Waals surface area contributed by atoms with E-state index >= 15 is 0 Å². The fourth-order valence-corrected chi connectivity index (χ4v) is 10.5. The van der Waals surface area contributed by atoms with Gasteiger partial charge in [0.05, 0.1) is 22.2 Å². The zero-order valence-electron chi connectivity index (χ0n) is 27.4. The van der Waals surface area contributed by atoms with E-state index in [0.717, 1.165) is 43.7 Å². The van der Waals surface area contributed by atoms with Crippen molar-refractivity contribution < 1.29 is 13.2 Å². The van der Waals surface area contributed by atoms with Crippen LogP contribution < -0.4 is 20.5 Å². The number of aryl methyl sites for hydroxylation is 1. The molecule has 3 fully saturated rings. The van der Waals surface area contributed by atoms with Gasteiger partial charge < -0.3 is 15.0 Å². The van der Waals surface area contributed by atoms with E-state index in [1.165, 1.54) is 46.5 Å². The summed E-state index contributed by atoms with van der Waals surface area (Å²) in [5, 5.41) is 3.49. The van der Waals surface area contributed by atoms with Gasteiger partial charge in [0.2, 0.25) is 5.95 Å². The Morgan fingerprint density at radius 1 is 0.959 bits per heavy atom. The summed E-state index contributed by atoms with van der Waals surface area (Å²) in [4.78, 5) is 33.4. The average molecular weight is 698 g/mol. The molecule has 5 aromatic rings. The Balaban J connectivity index is 1.12. The highest BCUT2D eigenvalue weighted by Crippen LogP contribution is 2.33. The van der Waals surface area contributed by atoms with Crippen molar-refractivity contribution in [3.8, 4) is 11.5 Å². The lowest BCUT2D eigenvalue weighted by molar-refractivity contribution is 0.231. The van der Waals surface area contributed by atoms with Gasteiger partial charge in [0.1, 0.15) is 11.4 Å². The molecule has 1 atom stereocenters. The first-order chi connectivity index (χ1) is 23.8. The molecule has 0 radical (unpaired) electrons. The topological polar surface area (TPSA) is 123 Å². The van der Waals surface area contributed by atoms with Gasteiger partial charge in [-0.05, 0) is 81.1 Å². The van der Waals surface area contributed by atoms with Gasteiger partial charge >= 0.3 is 0 Å². The molecule has 3 aromatic heterocycles. The van der Waals surface area contributed by atoms with Crippen LogP contribution in [0.2, 0.25) is 0 Å². The van der Waals surface area contributed by atoms with Crippen LogP contribution in [0.15, 0.2) is 76.1 Å². The fraction of sp³-hybridized carbons (Fsp3) is 0.389. The lowest BCUT2D eigenvalue weighted by Crippen LogP contribution is -2.50. The predicted octanol–water partition coefficient (Wildman–Crippen LogP) is 6.14. The van der Waals surface area contributed by atoms with Crippen molar-refractivity contribution in [1.29, 1.82) is 0 Å². The molecule has 1 saturated carbocycles. The third-order valence-corrected chi connectivity index (χ3v) is 13.3. The number of piperazine rings is 1. The van der Waals surface area contributed by atoms with Crippen molar-refractivity contribution in [2.45, 2.75) is 68.3 Å². The highest BCUT2D eigenvalue weighted by Gasteiger charge is 2.34. The molecule has 254 valence electrons. The number of aromatic nitrogens is 4. The monoisotopic (exact) mass is 697 g/mol. The number of nitrogens with zero attached hydrogens (tertiary/aromatic N) is 6. The third kappa shape index (κ3) is 6.30. The van der Waals surface area contributed by atoms with Gasteiger partial charge in [-0.25, -0.2) is 18.4 Å². The molecule has 13 heteroatoms. The van der Waals surface area contributed by atoms with Crippen molar-refractivity contribution in [2.75, 3.05) is 36.4 Å². The van der Waals surface area contributed by atoms with Gasteiger partial charge in [0.25, 0.3) is 5.56 Å². The molecule has 3 aliphatic rings. The number of para-hydroxylation sites is 1. The molecule has 8 rings (SSSR count). The fourth-order valence-electron chi connectivity index (χ4n) is 7.41. The van der Waals surface area contributed by atoms with Gasteiger partial charge in [-0.15, -0.1) is 11.3 Å². The van der Waals surface area contributed by atoms with E-state index in [9.17, 15) is 13.2 Å². The molecular formula is C36H39N7O4S2. The zero-order chi connectivity index (χ0) is 33.5. The summed E-state index contributed by atoms with van der Waals surface area (Å²) in [7, 11) is -3.64. The van der Waals surface area contributed by atoms with E-state index in [0.29, 0.717) is 46.5 Å². The Hall–Kier alpha value is -4.33. The van der Waals surface area contributed by atoms with Crippen molar-refractivity contribution in [3.05, 3.63) is 87.1 Å². The lowest BCUT2D eigenvalue weighted by atomic mass is 10.1. The number of sulfone groups is 1. The molecule has 11 nitrogen and oxygen atoms in total. The number of benzene rings is 2. The number of nitrogens with one attached hydrogen (secondary N) is 1. The van der Waals surface area contributed by atoms with Gasteiger partial charge in [-0.3, -0.25) is 14.3 Å². The van der Waals surface area contributed by atoms with Gasteiger partial charge in [-0.1, -0.05) is 31.0 Å². The minimum Gasteiger partial charge on any atom is -0.451 e. The molecular weight excluding hydrogens is 659 g/mol. The first-order valence-electron chi connectivity index (χ1n) is 17.0. The molecule has 1 N–H and O–H groups in total. The smallest absolute Gasteiger partial charge is 0.295 e. The maximum Gasteiger partial charge on any atom is 0.295 e. The highest BCUT2D eigenvalue weighted by atomic mass is 32.2. The van der Waals surface area contributed by atoms with E-state index in [4.69, 9.17) is 9.72 Å². The Bertz CT molecular complexity index is 2160. The lowest BCUT2D eigenvalue weighted by Gasteiger charge is -2.38. The number of anilines is 3. The minimum absolute atomic E-state index is 0.0222. The quantitative estimate of drug-likeness (QED) is 0.192. The molecule has 5 heterocycles. The van der Waals surface area contributed by atoms with Crippen LogP contribution in [0.1, 0.15) is 49.0 Å². The van der Waals surface area contributed by atoms with Crippen LogP contribution in [0, 0.1) is 6.92 Å². The van der Waals surface area contributed by atoms with Crippen molar-refractivity contribution in [3.63, 3.8) is 0 Å². The van der Waals surface area contributed by atoms with Crippen LogP contribution in [0.25, 0.3) is 11.0 Å². The largest absolute Gasteiger partial charge is 0.451 e. The van der Waals surface area contributed by atoms with Gasteiger partial charge in [-0.2, -0.15) is 4.98 Å². The molecule has 0 bridgehead atoms. The van der Waals surface area contributed by atoms with Crippen LogP contribution >= 0.6 is 11.3 Å². The van der Waals surface area contributed by atoms with Crippen LogP contribution in [0.5, 0.6) is 11.5 Å². The normalized spacial score (nSPS) is 18.6. The zero-order valence-corrected chi connectivity index (χ0v) is 29.0. The van der Waals surface area contributed by atoms with Crippen molar-refractivity contribution in [1.82, 2.24) is 24.4 Å². The van der Waals surface area contributed by atoms with Gasteiger partial charge in [0, 0.05) is 48.6 Å². The Labute approximate surface area is 289 Å².